The average Bonchev–Trinajstić information content (AvgIpc) is 2.43. The van der Waals surface area contributed by atoms with E-state index in [0.717, 1.165) is 23.0 Å². The van der Waals surface area contributed by atoms with Crippen molar-refractivity contribution < 1.29 is 4.39 Å². The first kappa shape index (κ1) is 16.4. The van der Waals surface area contributed by atoms with Crippen molar-refractivity contribution in [1.29, 1.82) is 0 Å². The Morgan fingerprint density at radius 2 is 2.14 bits per heavy atom. The Morgan fingerprint density at radius 1 is 1.33 bits per heavy atom. The van der Waals surface area contributed by atoms with Crippen LogP contribution in [-0.2, 0) is 12.8 Å². The summed E-state index contributed by atoms with van der Waals surface area (Å²) in [6.45, 7) is 2.85. The Bertz CT molecular complexity index is 586. The molecule has 0 fully saturated rings. The average molecular weight is 372 g/mol. The van der Waals surface area contributed by atoms with Crippen LogP contribution in [0.15, 0.2) is 41.1 Å². The molecule has 1 aromatic heterocycles. The number of pyridine rings is 1. The maximum Gasteiger partial charge on any atom is 0.127 e. The molecule has 1 N–H and O–H groups in total. The van der Waals surface area contributed by atoms with Gasteiger partial charge in [0.15, 0.2) is 0 Å². The lowest BCUT2D eigenvalue weighted by molar-refractivity contribution is 0.505. The minimum absolute atomic E-state index is 0.112. The SMILES string of the molecule is CCNC(Cc1cncc(Br)c1)Cc1c(F)cccc1Cl. The number of hydrogen-bond acceptors (Lipinski definition) is 2. The molecule has 1 aromatic carbocycles. The van der Waals surface area contributed by atoms with Crippen LogP contribution in [0.3, 0.4) is 0 Å². The molecular weight excluding hydrogens is 355 g/mol. The Morgan fingerprint density at radius 3 is 2.81 bits per heavy atom. The van der Waals surface area contributed by atoms with Crippen LogP contribution in [0.25, 0.3) is 0 Å². The van der Waals surface area contributed by atoms with Gasteiger partial charge in [-0.15, -0.1) is 0 Å². The van der Waals surface area contributed by atoms with Gasteiger partial charge in [-0.2, -0.15) is 0 Å². The van der Waals surface area contributed by atoms with E-state index < -0.39 is 0 Å². The largest absolute Gasteiger partial charge is 0.314 e. The lowest BCUT2D eigenvalue weighted by Gasteiger charge is -2.19. The summed E-state index contributed by atoms with van der Waals surface area (Å²) in [5, 5.41) is 3.86. The van der Waals surface area contributed by atoms with Crippen LogP contribution in [0.4, 0.5) is 4.39 Å². The molecule has 21 heavy (non-hydrogen) atoms. The number of nitrogens with zero attached hydrogens (tertiary/aromatic N) is 1. The highest BCUT2D eigenvalue weighted by atomic mass is 79.9. The number of aromatic nitrogens is 1. The Labute approximate surface area is 137 Å². The quantitative estimate of drug-likeness (QED) is 0.814. The predicted molar refractivity (Wildman–Crippen MR) is 88.2 cm³/mol. The molecule has 2 aromatic rings. The van der Waals surface area contributed by atoms with E-state index in [9.17, 15) is 4.39 Å². The van der Waals surface area contributed by atoms with Crippen LogP contribution in [0, 0.1) is 5.82 Å². The van der Waals surface area contributed by atoms with Gasteiger partial charge in [0.2, 0.25) is 0 Å². The van der Waals surface area contributed by atoms with Crippen molar-refractivity contribution in [3.05, 3.63) is 63.1 Å². The molecule has 0 radical (unpaired) electrons. The van der Waals surface area contributed by atoms with E-state index in [0.29, 0.717) is 17.0 Å². The lowest BCUT2D eigenvalue weighted by atomic mass is 9.99. The van der Waals surface area contributed by atoms with Crippen molar-refractivity contribution in [3.63, 3.8) is 0 Å². The summed E-state index contributed by atoms with van der Waals surface area (Å²) in [5.74, 6) is -0.252. The summed E-state index contributed by atoms with van der Waals surface area (Å²) in [6.07, 6.45) is 4.90. The Hall–Kier alpha value is -0.970. The number of hydrogen-bond donors (Lipinski definition) is 1. The van der Waals surface area contributed by atoms with Crippen molar-refractivity contribution in [3.8, 4) is 0 Å². The standard InChI is InChI=1S/C16H17BrClFN2/c1-2-21-13(7-11-6-12(17)10-20-9-11)8-14-15(18)4-3-5-16(14)19/h3-6,9-10,13,21H,2,7-8H2,1H3. The highest BCUT2D eigenvalue weighted by molar-refractivity contribution is 9.10. The van der Waals surface area contributed by atoms with Crippen LogP contribution in [0.1, 0.15) is 18.1 Å². The van der Waals surface area contributed by atoms with Crippen molar-refractivity contribution in [2.75, 3.05) is 6.54 Å². The van der Waals surface area contributed by atoms with Crippen molar-refractivity contribution in [1.82, 2.24) is 10.3 Å². The first-order valence-electron chi connectivity index (χ1n) is 6.86. The monoisotopic (exact) mass is 370 g/mol. The number of halogens is 3. The molecule has 1 unspecified atom stereocenters. The number of rotatable bonds is 6. The molecular formula is C16H17BrClFN2. The normalized spacial score (nSPS) is 12.4. The van der Waals surface area contributed by atoms with Crippen molar-refractivity contribution in [2.45, 2.75) is 25.8 Å². The zero-order valence-electron chi connectivity index (χ0n) is 11.7. The Balaban J connectivity index is 2.16. The van der Waals surface area contributed by atoms with E-state index in [2.05, 4.69) is 26.2 Å². The lowest BCUT2D eigenvalue weighted by Crippen LogP contribution is -2.33. The molecule has 0 aliphatic heterocycles. The van der Waals surface area contributed by atoms with Gasteiger partial charge in [-0.3, -0.25) is 4.98 Å². The van der Waals surface area contributed by atoms with E-state index in [1.54, 1.807) is 18.3 Å². The molecule has 2 nitrogen and oxygen atoms in total. The maximum absolute atomic E-state index is 13.9. The number of likely N-dealkylation sites (N-methyl/N-ethyl adjacent to an activating group) is 1. The molecule has 0 saturated heterocycles. The fourth-order valence-corrected chi connectivity index (χ4v) is 2.98. The molecule has 1 heterocycles. The summed E-state index contributed by atoms with van der Waals surface area (Å²) >= 11 is 9.53. The van der Waals surface area contributed by atoms with Crippen LogP contribution in [0.2, 0.25) is 5.02 Å². The van der Waals surface area contributed by atoms with Gasteiger partial charge in [-0.05, 0) is 59.1 Å². The van der Waals surface area contributed by atoms with Gasteiger partial charge in [-0.25, -0.2) is 4.39 Å². The third-order valence-electron chi connectivity index (χ3n) is 3.25. The van der Waals surface area contributed by atoms with Gasteiger partial charge in [0, 0.05) is 33.5 Å². The molecule has 1 atom stereocenters. The first-order chi connectivity index (χ1) is 10.1. The van der Waals surface area contributed by atoms with E-state index in [1.165, 1.54) is 6.07 Å². The van der Waals surface area contributed by atoms with E-state index in [1.807, 2.05) is 19.2 Å². The summed E-state index contributed by atoms with van der Waals surface area (Å²) < 4.78 is 14.9. The van der Waals surface area contributed by atoms with E-state index in [-0.39, 0.29) is 11.9 Å². The molecule has 0 saturated carbocycles. The fourth-order valence-electron chi connectivity index (χ4n) is 2.33. The number of nitrogens with one attached hydrogen (secondary N) is 1. The molecule has 0 aliphatic carbocycles. The predicted octanol–water partition coefficient (Wildman–Crippen LogP) is 4.40. The summed E-state index contributed by atoms with van der Waals surface area (Å²) in [4.78, 5) is 4.16. The van der Waals surface area contributed by atoms with Gasteiger partial charge in [0.05, 0.1) is 0 Å². The van der Waals surface area contributed by atoms with E-state index >= 15 is 0 Å². The molecule has 0 amide bonds. The van der Waals surface area contributed by atoms with Gasteiger partial charge in [0.1, 0.15) is 5.82 Å². The smallest absolute Gasteiger partial charge is 0.127 e. The Kier molecular flexibility index (Phi) is 6.15. The zero-order valence-corrected chi connectivity index (χ0v) is 14.1. The van der Waals surface area contributed by atoms with Gasteiger partial charge in [-0.1, -0.05) is 24.6 Å². The highest BCUT2D eigenvalue weighted by Crippen LogP contribution is 2.22. The van der Waals surface area contributed by atoms with Crippen LogP contribution in [0.5, 0.6) is 0 Å². The number of benzene rings is 1. The second kappa shape index (κ2) is 7.87. The minimum Gasteiger partial charge on any atom is -0.314 e. The van der Waals surface area contributed by atoms with Gasteiger partial charge < -0.3 is 5.32 Å². The van der Waals surface area contributed by atoms with Crippen molar-refractivity contribution >= 4 is 27.5 Å². The van der Waals surface area contributed by atoms with Crippen molar-refractivity contribution in [2.24, 2.45) is 0 Å². The minimum atomic E-state index is -0.252. The highest BCUT2D eigenvalue weighted by Gasteiger charge is 2.15. The molecule has 0 aliphatic rings. The third kappa shape index (κ3) is 4.77. The molecule has 0 bridgehead atoms. The van der Waals surface area contributed by atoms with Crippen LogP contribution >= 0.6 is 27.5 Å². The summed E-state index contributed by atoms with van der Waals surface area (Å²) in [7, 11) is 0. The van der Waals surface area contributed by atoms with E-state index in [4.69, 9.17) is 11.6 Å². The molecule has 2 rings (SSSR count). The molecule has 0 spiro atoms. The van der Waals surface area contributed by atoms with Gasteiger partial charge >= 0.3 is 0 Å². The second-order valence-electron chi connectivity index (χ2n) is 4.87. The molecule has 5 heteroatoms. The first-order valence-corrected chi connectivity index (χ1v) is 8.03. The summed E-state index contributed by atoms with van der Waals surface area (Å²) in [5.41, 5.74) is 1.66. The molecule has 112 valence electrons. The maximum atomic E-state index is 13.9. The van der Waals surface area contributed by atoms with Crippen LogP contribution < -0.4 is 5.32 Å². The second-order valence-corrected chi connectivity index (χ2v) is 6.20. The van der Waals surface area contributed by atoms with Gasteiger partial charge in [0.25, 0.3) is 0 Å². The summed E-state index contributed by atoms with van der Waals surface area (Å²) in [6, 6.07) is 6.94. The zero-order chi connectivity index (χ0) is 15.2. The third-order valence-corrected chi connectivity index (χ3v) is 4.04. The van der Waals surface area contributed by atoms with Crippen LogP contribution in [-0.4, -0.2) is 17.6 Å². The topological polar surface area (TPSA) is 24.9 Å². The fraction of sp³-hybridized carbons (Fsp3) is 0.312.